The van der Waals surface area contributed by atoms with Gasteiger partial charge in [0, 0.05) is 56.2 Å². The van der Waals surface area contributed by atoms with Crippen molar-refractivity contribution in [2.24, 2.45) is 0 Å². The molecule has 2 aliphatic rings. The van der Waals surface area contributed by atoms with Gasteiger partial charge in [0.25, 0.3) is 0 Å². The molecule has 0 bridgehead atoms. The van der Waals surface area contributed by atoms with Gasteiger partial charge in [-0.15, -0.1) is 11.3 Å². The lowest BCUT2D eigenvalue weighted by molar-refractivity contribution is -0.127. The van der Waals surface area contributed by atoms with E-state index in [1.165, 1.54) is 5.56 Å². The fraction of sp³-hybridized carbons (Fsp3) is 0.280. The minimum absolute atomic E-state index is 0.0800. The Bertz CT molecular complexity index is 1090. The molecule has 0 atom stereocenters. The van der Waals surface area contributed by atoms with Gasteiger partial charge >= 0.3 is 0 Å². The molecule has 1 saturated heterocycles. The van der Waals surface area contributed by atoms with Crippen LogP contribution in [-0.2, 0) is 17.8 Å². The Morgan fingerprint density at radius 1 is 1.10 bits per heavy atom. The van der Waals surface area contributed by atoms with E-state index in [0.717, 1.165) is 73.3 Å². The maximum absolute atomic E-state index is 12.6. The number of fused-ring (bicyclic) bond motifs is 1. The summed E-state index contributed by atoms with van der Waals surface area (Å²) in [4.78, 5) is 21.7. The molecule has 5 rings (SSSR count). The van der Waals surface area contributed by atoms with Crippen LogP contribution in [0.25, 0.3) is 16.6 Å². The van der Waals surface area contributed by atoms with Crippen molar-refractivity contribution < 1.29 is 9.53 Å². The quantitative estimate of drug-likeness (QED) is 0.571. The zero-order chi connectivity index (χ0) is 21.0. The number of hydrogen-bond donors (Lipinski definition) is 0. The normalized spacial score (nSPS) is 16.5. The standard InChI is InChI=1S/C25H25N3O2S/c29-24(9-7-19-6-8-23-21(16-19)10-15-30-23)28-13-11-27(12-14-28)17-22-18-31-25(26-22)20-4-2-1-3-5-20/h1-9,16,18H,10-15,17H2/b9-7+. The summed E-state index contributed by atoms with van der Waals surface area (Å²) in [6, 6.07) is 16.4. The maximum Gasteiger partial charge on any atom is 0.246 e. The largest absolute Gasteiger partial charge is 0.493 e. The van der Waals surface area contributed by atoms with E-state index >= 15 is 0 Å². The first kappa shape index (κ1) is 20.0. The molecular formula is C25H25N3O2S. The predicted molar refractivity (Wildman–Crippen MR) is 124 cm³/mol. The molecule has 3 heterocycles. The Morgan fingerprint density at radius 3 is 2.77 bits per heavy atom. The first-order chi connectivity index (χ1) is 15.2. The molecule has 6 heteroatoms. The Morgan fingerprint density at radius 2 is 1.94 bits per heavy atom. The third-order valence-electron chi connectivity index (χ3n) is 5.77. The number of rotatable bonds is 5. The summed E-state index contributed by atoms with van der Waals surface area (Å²) in [5.41, 5.74) is 4.54. The van der Waals surface area contributed by atoms with E-state index in [1.807, 2.05) is 41.3 Å². The zero-order valence-electron chi connectivity index (χ0n) is 17.4. The van der Waals surface area contributed by atoms with Gasteiger partial charge < -0.3 is 9.64 Å². The lowest BCUT2D eigenvalue weighted by atomic mass is 10.1. The van der Waals surface area contributed by atoms with Crippen molar-refractivity contribution in [3.05, 3.63) is 76.8 Å². The predicted octanol–water partition coefficient (Wildman–Crippen LogP) is 4.10. The van der Waals surface area contributed by atoms with Crippen LogP contribution in [0.4, 0.5) is 0 Å². The van der Waals surface area contributed by atoms with Crippen LogP contribution in [-0.4, -0.2) is 53.5 Å². The van der Waals surface area contributed by atoms with Crippen LogP contribution in [0.2, 0.25) is 0 Å². The first-order valence-corrected chi connectivity index (χ1v) is 11.6. The lowest BCUT2D eigenvalue weighted by Gasteiger charge is -2.33. The van der Waals surface area contributed by atoms with Crippen molar-refractivity contribution in [3.8, 4) is 16.3 Å². The molecule has 5 nitrogen and oxygen atoms in total. The van der Waals surface area contributed by atoms with Crippen molar-refractivity contribution in [2.45, 2.75) is 13.0 Å². The lowest BCUT2D eigenvalue weighted by Crippen LogP contribution is -2.47. The third kappa shape index (κ3) is 4.70. The second kappa shape index (κ2) is 9.04. The number of ether oxygens (including phenoxy) is 1. The Kier molecular flexibility index (Phi) is 5.82. The van der Waals surface area contributed by atoms with Gasteiger partial charge in [0.1, 0.15) is 10.8 Å². The number of thiazole rings is 1. The average molecular weight is 432 g/mol. The van der Waals surface area contributed by atoms with Crippen LogP contribution in [0.3, 0.4) is 0 Å². The van der Waals surface area contributed by atoms with Crippen molar-refractivity contribution in [1.29, 1.82) is 0 Å². The number of nitrogens with zero attached hydrogens (tertiary/aromatic N) is 3. The third-order valence-corrected chi connectivity index (χ3v) is 6.71. The Balaban J connectivity index is 1.13. The molecule has 0 radical (unpaired) electrons. The van der Waals surface area contributed by atoms with Crippen LogP contribution in [0.15, 0.2) is 60.0 Å². The van der Waals surface area contributed by atoms with Gasteiger partial charge in [0.15, 0.2) is 0 Å². The molecule has 1 amide bonds. The second-order valence-electron chi connectivity index (χ2n) is 7.91. The average Bonchev–Trinajstić information content (AvgIpc) is 3.48. The van der Waals surface area contributed by atoms with E-state index < -0.39 is 0 Å². The number of benzene rings is 2. The summed E-state index contributed by atoms with van der Waals surface area (Å²) in [7, 11) is 0. The van der Waals surface area contributed by atoms with Crippen molar-refractivity contribution >= 4 is 23.3 Å². The topological polar surface area (TPSA) is 45.7 Å². The van der Waals surface area contributed by atoms with Gasteiger partial charge in [-0.2, -0.15) is 0 Å². The van der Waals surface area contributed by atoms with Crippen LogP contribution in [0.5, 0.6) is 5.75 Å². The van der Waals surface area contributed by atoms with Gasteiger partial charge in [-0.05, 0) is 29.3 Å². The summed E-state index contributed by atoms with van der Waals surface area (Å²) in [5, 5.41) is 3.21. The molecule has 0 N–H and O–H groups in total. The molecule has 2 aliphatic heterocycles. The molecule has 1 aromatic heterocycles. The summed E-state index contributed by atoms with van der Waals surface area (Å²) in [6.45, 7) is 4.81. The van der Waals surface area contributed by atoms with Gasteiger partial charge in [0.2, 0.25) is 5.91 Å². The van der Waals surface area contributed by atoms with Crippen LogP contribution < -0.4 is 4.74 Å². The Labute approximate surface area is 186 Å². The highest BCUT2D eigenvalue weighted by Gasteiger charge is 2.20. The highest BCUT2D eigenvalue weighted by Crippen LogP contribution is 2.26. The maximum atomic E-state index is 12.6. The van der Waals surface area contributed by atoms with E-state index in [9.17, 15) is 4.79 Å². The number of piperazine rings is 1. The Hall–Kier alpha value is -2.96. The summed E-state index contributed by atoms with van der Waals surface area (Å²) in [5.74, 6) is 1.05. The van der Waals surface area contributed by atoms with Gasteiger partial charge in [0.05, 0.1) is 12.3 Å². The fourth-order valence-corrected chi connectivity index (χ4v) is 4.85. The molecule has 2 aromatic carbocycles. The van der Waals surface area contributed by atoms with Gasteiger partial charge in [-0.3, -0.25) is 9.69 Å². The number of aromatic nitrogens is 1. The van der Waals surface area contributed by atoms with E-state index in [0.29, 0.717) is 0 Å². The van der Waals surface area contributed by atoms with Crippen LogP contribution in [0, 0.1) is 0 Å². The van der Waals surface area contributed by atoms with Crippen LogP contribution >= 0.6 is 11.3 Å². The molecule has 0 spiro atoms. The minimum atomic E-state index is 0.0800. The molecule has 1 fully saturated rings. The van der Waals surface area contributed by atoms with Crippen LogP contribution in [0.1, 0.15) is 16.8 Å². The van der Waals surface area contributed by atoms with Gasteiger partial charge in [-0.1, -0.05) is 36.4 Å². The number of carbonyl (C=O) groups is 1. The molecular weight excluding hydrogens is 406 g/mol. The molecule has 31 heavy (non-hydrogen) atoms. The minimum Gasteiger partial charge on any atom is -0.493 e. The molecule has 0 saturated carbocycles. The monoisotopic (exact) mass is 431 g/mol. The SMILES string of the molecule is O=C(/C=C/c1ccc2c(c1)CCO2)N1CCN(Cc2csc(-c3ccccc3)n2)CC1. The molecule has 0 unspecified atom stereocenters. The molecule has 0 aliphatic carbocycles. The fourth-order valence-electron chi connectivity index (χ4n) is 4.03. The highest BCUT2D eigenvalue weighted by atomic mass is 32.1. The number of carbonyl (C=O) groups excluding carboxylic acids is 1. The zero-order valence-corrected chi connectivity index (χ0v) is 18.2. The first-order valence-electron chi connectivity index (χ1n) is 10.7. The van der Waals surface area contributed by atoms with E-state index in [1.54, 1.807) is 17.4 Å². The van der Waals surface area contributed by atoms with Crippen molar-refractivity contribution in [3.63, 3.8) is 0 Å². The number of hydrogen-bond acceptors (Lipinski definition) is 5. The second-order valence-corrected chi connectivity index (χ2v) is 8.77. The summed E-state index contributed by atoms with van der Waals surface area (Å²) >= 11 is 1.69. The summed E-state index contributed by atoms with van der Waals surface area (Å²) < 4.78 is 5.54. The highest BCUT2D eigenvalue weighted by molar-refractivity contribution is 7.13. The van der Waals surface area contributed by atoms with Gasteiger partial charge in [-0.25, -0.2) is 4.98 Å². The van der Waals surface area contributed by atoms with Crippen molar-refractivity contribution in [2.75, 3.05) is 32.8 Å². The van der Waals surface area contributed by atoms with Crippen molar-refractivity contribution in [1.82, 2.24) is 14.8 Å². The molecule has 3 aromatic rings. The summed E-state index contributed by atoms with van der Waals surface area (Å²) in [6.07, 6.45) is 4.55. The smallest absolute Gasteiger partial charge is 0.246 e. The van der Waals surface area contributed by atoms with E-state index in [2.05, 4.69) is 28.5 Å². The van der Waals surface area contributed by atoms with E-state index in [-0.39, 0.29) is 5.91 Å². The van der Waals surface area contributed by atoms with E-state index in [4.69, 9.17) is 9.72 Å². The molecule has 158 valence electrons. The number of amides is 1.